The maximum Gasteiger partial charge on any atom is 0.243 e. The summed E-state index contributed by atoms with van der Waals surface area (Å²) in [6.45, 7) is 10.9. The van der Waals surface area contributed by atoms with E-state index in [4.69, 9.17) is 25.6 Å². The number of hydrogen-bond acceptors (Lipinski definition) is 6. The summed E-state index contributed by atoms with van der Waals surface area (Å²) in [6, 6.07) is 3.70. The largest absolute Gasteiger partial charge is 0.490 e. The number of hydrogen-bond donors (Lipinski definition) is 1. The Kier molecular flexibility index (Phi) is 7.08. The van der Waals surface area contributed by atoms with Crippen molar-refractivity contribution < 1.29 is 14.0 Å². The molecule has 0 aliphatic carbocycles. The summed E-state index contributed by atoms with van der Waals surface area (Å²) >= 11 is 6.43. The smallest absolute Gasteiger partial charge is 0.243 e. The van der Waals surface area contributed by atoms with Crippen LogP contribution in [0.4, 0.5) is 0 Å². The second kappa shape index (κ2) is 9.06. The summed E-state index contributed by atoms with van der Waals surface area (Å²) in [6.07, 6.45) is 0.871. The summed E-state index contributed by atoms with van der Waals surface area (Å²) in [5.41, 5.74) is 0.927. The molecule has 2 rings (SSSR count). The van der Waals surface area contributed by atoms with E-state index in [1.54, 1.807) is 13.0 Å². The van der Waals surface area contributed by atoms with Gasteiger partial charge in [-0.05, 0) is 45.7 Å². The third kappa shape index (κ3) is 5.34. The number of nitrogens with zero attached hydrogens (tertiary/aromatic N) is 2. The highest BCUT2D eigenvalue weighted by Crippen LogP contribution is 2.34. The van der Waals surface area contributed by atoms with Gasteiger partial charge in [-0.25, -0.2) is 0 Å². The Morgan fingerprint density at radius 3 is 2.56 bits per heavy atom. The zero-order valence-corrected chi connectivity index (χ0v) is 16.2. The van der Waals surface area contributed by atoms with Gasteiger partial charge in [0.05, 0.1) is 18.8 Å². The van der Waals surface area contributed by atoms with Gasteiger partial charge in [0.15, 0.2) is 17.3 Å². The average Bonchev–Trinajstić information content (AvgIpc) is 2.97. The van der Waals surface area contributed by atoms with Crippen molar-refractivity contribution >= 4 is 11.6 Å². The van der Waals surface area contributed by atoms with Crippen LogP contribution in [0, 0.1) is 6.92 Å². The van der Waals surface area contributed by atoms with Crippen LogP contribution in [0.15, 0.2) is 16.7 Å². The van der Waals surface area contributed by atoms with Gasteiger partial charge >= 0.3 is 0 Å². The highest BCUT2D eigenvalue weighted by Gasteiger charge is 2.18. The van der Waals surface area contributed by atoms with Crippen molar-refractivity contribution in [2.24, 2.45) is 0 Å². The van der Waals surface area contributed by atoms with Gasteiger partial charge < -0.3 is 19.3 Å². The number of aromatic nitrogens is 2. The van der Waals surface area contributed by atoms with Crippen molar-refractivity contribution in [2.45, 2.75) is 59.7 Å². The van der Waals surface area contributed by atoms with Crippen LogP contribution in [-0.2, 0) is 6.54 Å². The first-order chi connectivity index (χ1) is 11.9. The number of ether oxygens (including phenoxy) is 2. The zero-order valence-electron chi connectivity index (χ0n) is 15.4. The van der Waals surface area contributed by atoms with Crippen LogP contribution in [-0.4, -0.2) is 22.9 Å². The maximum atomic E-state index is 6.43. The molecule has 138 valence electrons. The van der Waals surface area contributed by atoms with Crippen LogP contribution < -0.4 is 14.8 Å². The van der Waals surface area contributed by atoms with Crippen LogP contribution in [0.2, 0.25) is 5.02 Å². The normalized spacial score (nSPS) is 12.4. The third-order valence-corrected chi connectivity index (χ3v) is 3.92. The highest BCUT2D eigenvalue weighted by molar-refractivity contribution is 6.31. The second-order valence-corrected chi connectivity index (χ2v) is 6.42. The van der Waals surface area contributed by atoms with E-state index in [1.165, 1.54) is 0 Å². The molecular weight excluding hydrogens is 342 g/mol. The van der Waals surface area contributed by atoms with Gasteiger partial charge in [0.25, 0.3) is 0 Å². The molecule has 0 saturated carbocycles. The lowest BCUT2D eigenvalue weighted by Gasteiger charge is -2.18. The van der Waals surface area contributed by atoms with E-state index in [0.717, 1.165) is 12.0 Å². The molecule has 0 saturated heterocycles. The quantitative estimate of drug-likeness (QED) is 0.705. The number of aryl methyl sites for hydroxylation is 1. The third-order valence-electron chi connectivity index (χ3n) is 3.56. The number of nitrogens with one attached hydrogen (secondary N) is 1. The fourth-order valence-corrected chi connectivity index (χ4v) is 2.64. The fourth-order valence-electron chi connectivity index (χ4n) is 2.42. The number of benzene rings is 1. The summed E-state index contributed by atoms with van der Waals surface area (Å²) < 4.78 is 16.8. The molecule has 0 aliphatic heterocycles. The van der Waals surface area contributed by atoms with Crippen LogP contribution in [0.1, 0.15) is 57.4 Å². The molecule has 6 nitrogen and oxygen atoms in total. The molecule has 1 aromatic heterocycles. The molecule has 1 aromatic carbocycles. The first-order valence-electron chi connectivity index (χ1n) is 8.60. The maximum absolute atomic E-state index is 6.43. The molecule has 25 heavy (non-hydrogen) atoms. The monoisotopic (exact) mass is 367 g/mol. The molecule has 0 aliphatic rings. The van der Waals surface area contributed by atoms with E-state index >= 15 is 0 Å². The molecule has 0 spiro atoms. The van der Waals surface area contributed by atoms with Gasteiger partial charge in [-0.2, -0.15) is 4.98 Å². The Hall–Kier alpha value is -1.79. The fraction of sp³-hybridized carbons (Fsp3) is 0.556. The zero-order chi connectivity index (χ0) is 18.4. The van der Waals surface area contributed by atoms with E-state index in [1.807, 2.05) is 26.8 Å². The lowest BCUT2D eigenvalue weighted by Crippen LogP contribution is -2.21. The lowest BCUT2D eigenvalue weighted by molar-refractivity contribution is 0.223. The number of halogens is 1. The van der Waals surface area contributed by atoms with Gasteiger partial charge in [0, 0.05) is 17.6 Å². The predicted octanol–water partition coefficient (Wildman–Crippen LogP) is 4.46. The Morgan fingerprint density at radius 1 is 1.24 bits per heavy atom. The standard InChI is InChI=1S/C18H26ClN3O3/c1-6-15(18-21-12(5)22-25-18)20-10-13-8-16(23-7-2)17(9-14(13)19)24-11(3)4/h8-9,11,15,20H,6-7,10H2,1-5H3/t15-/m1/s1. The van der Waals surface area contributed by atoms with Crippen molar-refractivity contribution in [3.8, 4) is 11.5 Å². The molecule has 1 N–H and O–H groups in total. The SMILES string of the molecule is CCOc1cc(CN[C@H](CC)c2nc(C)no2)c(Cl)cc1OC(C)C. The Morgan fingerprint density at radius 2 is 2.00 bits per heavy atom. The first-order valence-corrected chi connectivity index (χ1v) is 8.97. The summed E-state index contributed by atoms with van der Waals surface area (Å²) in [7, 11) is 0. The molecular formula is C18H26ClN3O3. The van der Waals surface area contributed by atoms with Crippen LogP contribution >= 0.6 is 11.6 Å². The van der Waals surface area contributed by atoms with Crippen molar-refractivity contribution in [2.75, 3.05) is 6.61 Å². The van der Waals surface area contributed by atoms with Crippen molar-refractivity contribution in [3.05, 3.63) is 34.4 Å². The average molecular weight is 368 g/mol. The van der Waals surface area contributed by atoms with E-state index in [-0.39, 0.29) is 12.1 Å². The molecule has 1 atom stereocenters. The van der Waals surface area contributed by atoms with Gasteiger partial charge in [-0.1, -0.05) is 23.7 Å². The molecule has 0 unspecified atom stereocenters. The van der Waals surface area contributed by atoms with E-state index in [2.05, 4.69) is 22.4 Å². The summed E-state index contributed by atoms with van der Waals surface area (Å²) in [4.78, 5) is 4.29. The second-order valence-electron chi connectivity index (χ2n) is 6.01. The molecule has 1 heterocycles. The van der Waals surface area contributed by atoms with Crippen molar-refractivity contribution in [1.29, 1.82) is 0 Å². The molecule has 2 aromatic rings. The lowest BCUT2D eigenvalue weighted by atomic mass is 10.1. The molecule has 0 radical (unpaired) electrons. The topological polar surface area (TPSA) is 69.4 Å². The van der Waals surface area contributed by atoms with E-state index < -0.39 is 0 Å². The molecule has 0 amide bonds. The highest BCUT2D eigenvalue weighted by atomic mass is 35.5. The van der Waals surface area contributed by atoms with Crippen molar-refractivity contribution in [1.82, 2.24) is 15.5 Å². The van der Waals surface area contributed by atoms with E-state index in [0.29, 0.717) is 41.4 Å². The Bertz CT molecular complexity index is 688. The van der Waals surface area contributed by atoms with Gasteiger partial charge in [-0.15, -0.1) is 0 Å². The van der Waals surface area contributed by atoms with Crippen molar-refractivity contribution in [3.63, 3.8) is 0 Å². The van der Waals surface area contributed by atoms with Gasteiger partial charge in [0.1, 0.15) is 0 Å². The van der Waals surface area contributed by atoms with Gasteiger partial charge in [0.2, 0.25) is 5.89 Å². The van der Waals surface area contributed by atoms with Crippen LogP contribution in [0.3, 0.4) is 0 Å². The Balaban J connectivity index is 2.16. The van der Waals surface area contributed by atoms with Gasteiger partial charge in [-0.3, -0.25) is 0 Å². The molecule has 7 heteroatoms. The predicted molar refractivity (Wildman–Crippen MR) is 97.3 cm³/mol. The minimum Gasteiger partial charge on any atom is -0.490 e. The Labute approximate surface area is 153 Å². The first kappa shape index (κ1) is 19.5. The summed E-state index contributed by atoms with van der Waals surface area (Å²) in [5.74, 6) is 2.56. The minimum atomic E-state index is -0.0283. The molecule has 0 fully saturated rings. The molecule has 0 bridgehead atoms. The number of rotatable bonds is 9. The van der Waals surface area contributed by atoms with Crippen LogP contribution in [0.25, 0.3) is 0 Å². The van der Waals surface area contributed by atoms with Crippen LogP contribution in [0.5, 0.6) is 11.5 Å². The van der Waals surface area contributed by atoms with E-state index in [9.17, 15) is 0 Å². The minimum absolute atomic E-state index is 0.0283. The summed E-state index contributed by atoms with van der Waals surface area (Å²) in [5, 5.41) is 7.88.